The van der Waals surface area contributed by atoms with Gasteiger partial charge in [0.15, 0.2) is 0 Å². The molecular formula is C23H26ClFN6. The highest BCUT2D eigenvalue weighted by molar-refractivity contribution is 6.30. The van der Waals surface area contributed by atoms with Gasteiger partial charge in [-0.3, -0.25) is 0 Å². The largest absolute Gasteiger partial charge is 0.370 e. The van der Waals surface area contributed by atoms with E-state index in [1.165, 1.54) is 12.1 Å². The molecule has 4 rings (SSSR count). The predicted octanol–water partition coefficient (Wildman–Crippen LogP) is 4.05. The first kappa shape index (κ1) is 21.6. The SMILES string of the molecule is CN1CCN(CCCNc2cc(-c3cnnc(-c4cc(Cl)ccc4F)c3)ccn2)CC1. The summed E-state index contributed by atoms with van der Waals surface area (Å²) < 4.78 is 14.2. The molecule has 1 aromatic carbocycles. The zero-order chi connectivity index (χ0) is 21.6. The van der Waals surface area contributed by atoms with Crippen LogP contribution in [0.1, 0.15) is 6.42 Å². The number of likely N-dealkylation sites (N-methyl/N-ethyl adjacent to an activating group) is 1. The Hall–Kier alpha value is -2.61. The standard InChI is InChI=1S/C23H26ClFN6/c1-30-9-11-31(12-10-30)8-2-6-26-23-14-17(5-7-27-23)18-13-22(29-28-16-18)20-15-19(24)3-4-21(20)25/h3-5,7,13-16H,2,6,8-12H2,1H3,(H,26,27). The molecule has 1 saturated heterocycles. The Labute approximate surface area is 187 Å². The normalized spacial score (nSPS) is 15.2. The first-order valence-electron chi connectivity index (χ1n) is 10.5. The van der Waals surface area contributed by atoms with E-state index in [1.54, 1.807) is 18.5 Å². The highest BCUT2D eigenvalue weighted by Gasteiger charge is 2.13. The van der Waals surface area contributed by atoms with Gasteiger partial charge in [-0.15, -0.1) is 0 Å². The fraction of sp³-hybridized carbons (Fsp3) is 0.348. The van der Waals surface area contributed by atoms with Crippen LogP contribution in [0.15, 0.2) is 48.8 Å². The summed E-state index contributed by atoms with van der Waals surface area (Å²) in [4.78, 5) is 9.29. The van der Waals surface area contributed by atoms with Gasteiger partial charge in [-0.1, -0.05) is 11.6 Å². The molecule has 1 aliphatic heterocycles. The third-order valence-electron chi connectivity index (χ3n) is 5.51. The molecule has 1 N–H and O–H groups in total. The Morgan fingerprint density at radius 2 is 1.90 bits per heavy atom. The average molecular weight is 441 g/mol. The number of pyridine rings is 1. The van der Waals surface area contributed by atoms with Crippen LogP contribution >= 0.6 is 11.6 Å². The Kier molecular flexibility index (Phi) is 7.06. The minimum Gasteiger partial charge on any atom is -0.370 e. The maximum atomic E-state index is 14.2. The summed E-state index contributed by atoms with van der Waals surface area (Å²) in [6.45, 7) is 6.49. The number of halogens is 2. The van der Waals surface area contributed by atoms with E-state index in [0.29, 0.717) is 16.3 Å². The predicted molar refractivity (Wildman–Crippen MR) is 123 cm³/mol. The second-order valence-electron chi connectivity index (χ2n) is 7.81. The van der Waals surface area contributed by atoms with E-state index in [1.807, 2.05) is 18.2 Å². The first-order valence-corrected chi connectivity index (χ1v) is 10.9. The van der Waals surface area contributed by atoms with Gasteiger partial charge in [0, 0.05) is 55.1 Å². The third-order valence-corrected chi connectivity index (χ3v) is 5.74. The molecule has 0 atom stereocenters. The molecule has 3 heterocycles. The highest BCUT2D eigenvalue weighted by Crippen LogP contribution is 2.28. The Morgan fingerprint density at radius 1 is 1.06 bits per heavy atom. The number of benzene rings is 1. The summed E-state index contributed by atoms with van der Waals surface area (Å²) in [7, 11) is 2.17. The fourth-order valence-electron chi connectivity index (χ4n) is 3.65. The lowest BCUT2D eigenvalue weighted by molar-refractivity contribution is 0.154. The maximum absolute atomic E-state index is 14.2. The highest BCUT2D eigenvalue weighted by atomic mass is 35.5. The second-order valence-corrected chi connectivity index (χ2v) is 8.25. The molecule has 6 nitrogen and oxygen atoms in total. The monoisotopic (exact) mass is 440 g/mol. The van der Waals surface area contributed by atoms with Crippen LogP contribution in [0.25, 0.3) is 22.4 Å². The molecule has 8 heteroatoms. The van der Waals surface area contributed by atoms with Crippen molar-refractivity contribution in [1.82, 2.24) is 25.0 Å². The average Bonchev–Trinajstić information content (AvgIpc) is 2.80. The molecule has 3 aromatic rings. The molecule has 1 aliphatic rings. The minimum absolute atomic E-state index is 0.332. The molecule has 0 spiro atoms. The smallest absolute Gasteiger partial charge is 0.132 e. The van der Waals surface area contributed by atoms with E-state index >= 15 is 0 Å². The topological polar surface area (TPSA) is 57.2 Å². The lowest BCUT2D eigenvalue weighted by atomic mass is 10.1. The van der Waals surface area contributed by atoms with Crippen LogP contribution in [0.4, 0.5) is 10.2 Å². The van der Waals surface area contributed by atoms with Crippen molar-refractivity contribution >= 4 is 17.4 Å². The Morgan fingerprint density at radius 3 is 2.74 bits per heavy atom. The summed E-state index contributed by atoms with van der Waals surface area (Å²) in [6.07, 6.45) is 4.49. The van der Waals surface area contributed by atoms with Crippen LogP contribution in [-0.4, -0.2) is 71.3 Å². The van der Waals surface area contributed by atoms with Crippen LogP contribution in [0.3, 0.4) is 0 Å². The molecule has 0 aliphatic carbocycles. The van der Waals surface area contributed by atoms with E-state index in [2.05, 4.69) is 37.3 Å². The van der Waals surface area contributed by atoms with E-state index in [0.717, 1.165) is 62.6 Å². The number of hydrogen-bond donors (Lipinski definition) is 1. The molecule has 2 aromatic heterocycles. The summed E-state index contributed by atoms with van der Waals surface area (Å²) in [6, 6.07) is 10.1. The van der Waals surface area contributed by atoms with Gasteiger partial charge in [-0.05, 0) is 62.0 Å². The Bertz CT molecular complexity index is 1020. The molecule has 1 fully saturated rings. The van der Waals surface area contributed by atoms with Crippen molar-refractivity contribution in [3.05, 3.63) is 59.6 Å². The lowest BCUT2D eigenvalue weighted by Crippen LogP contribution is -2.44. The van der Waals surface area contributed by atoms with Crippen LogP contribution in [0.2, 0.25) is 5.02 Å². The van der Waals surface area contributed by atoms with Crippen LogP contribution < -0.4 is 5.32 Å². The van der Waals surface area contributed by atoms with E-state index in [-0.39, 0.29) is 5.82 Å². The summed E-state index contributed by atoms with van der Waals surface area (Å²) >= 11 is 6.02. The van der Waals surface area contributed by atoms with Crippen molar-refractivity contribution in [3.63, 3.8) is 0 Å². The molecule has 0 amide bonds. The fourth-order valence-corrected chi connectivity index (χ4v) is 3.82. The van der Waals surface area contributed by atoms with E-state index < -0.39 is 0 Å². The lowest BCUT2D eigenvalue weighted by Gasteiger charge is -2.32. The van der Waals surface area contributed by atoms with Crippen molar-refractivity contribution < 1.29 is 4.39 Å². The van der Waals surface area contributed by atoms with E-state index in [9.17, 15) is 4.39 Å². The zero-order valence-corrected chi connectivity index (χ0v) is 18.3. The number of nitrogens with zero attached hydrogens (tertiary/aromatic N) is 5. The van der Waals surface area contributed by atoms with Crippen molar-refractivity contribution in [2.24, 2.45) is 0 Å². The number of anilines is 1. The number of rotatable bonds is 7. The number of nitrogens with one attached hydrogen (secondary N) is 1. The number of hydrogen-bond acceptors (Lipinski definition) is 6. The molecular weight excluding hydrogens is 415 g/mol. The van der Waals surface area contributed by atoms with Gasteiger partial charge in [-0.25, -0.2) is 9.37 Å². The molecule has 0 unspecified atom stereocenters. The van der Waals surface area contributed by atoms with Gasteiger partial charge >= 0.3 is 0 Å². The van der Waals surface area contributed by atoms with Crippen molar-refractivity contribution in [2.75, 3.05) is 51.6 Å². The Balaban J connectivity index is 1.39. The minimum atomic E-state index is -0.381. The van der Waals surface area contributed by atoms with Crippen molar-refractivity contribution in [3.8, 4) is 22.4 Å². The quantitative estimate of drug-likeness (QED) is 0.559. The van der Waals surface area contributed by atoms with Gasteiger partial charge < -0.3 is 15.1 Å². The molecule has 0 radical (unpaired) electrons. The van der Waals surface area contributed by atoms with Gasteiger partial charge in [0.1, 0.15) is 11.6 Å². The van der Waals surface area contributed by atoms with Gasteiger partial charge in [0.2, 0.25) is 0 Å². The molecule has 0 saturated carbocycles. The molecule has 0 bridgehead atoms. The zero-order valence-electron chi connectivity index (χ0n) is 17.6. The van der Waals surface area contributed by atoms with Crippen molar-refractivity contribution in [2.45, 2.75) is 6.42 Å². The number of aromatic nitrogens is 3. The maximum Gasteiger partial charge on any atom is 0.132 e. The van der Waals surface area contributed by atoms with Crippen LogP contribution in [0.5, 0.6) is 0 Å². The van der Waals surface area contributed by atoms with Crippen molar-refractivity contribution in [1.29, 1.82) is 0 Å². The second kappa shape index (κ2) is 10.1. The van der Waals surface area contributed by atoms with E-state index in [4.69, 9.17) is 11.6 Å². The van der Waals surface area contributed by atoms with Gasteiger partial charge in [-0.2, -0.15) is 10.2 Å². The number of piperazine rings is 1. The third kappa shape index (κ3) is 5.76. The molecule has 162 valence electrons. The van der Waals surface area contributed by atoms with Gasteiger partial charge in [0.05, 0.1) is 11.9 Å². The van der Waals surface area contributed by atoms with Crippen LogP contribution in [0, 0.1) is 5.82 Å². The first-order chi connectivity index (χ1) is 15.1. The summed E-state index contributed by atoms with van der Waals surface area (Å²) in [5, 5.41) is 12.0. The summed E-state index contributed by atoms with van der Waals surface area (Å²) in [5.74, 6) is 0.427. The summed E-state index contributed by atoms with van der Waals surface area (Å²) in [5.41, 5.74) is 2.55. The van der Waals surface area contributed by atoms with Gasteiger partial charge in [0.25, 0.3) is 0 Å². The van der Waals surface area contributed by atoms with Crippen LogP contribution in [-0.2, 0) is 0 Å². The molecule has 31 heavy (non-hydrogen) atoms.